The monoisotopic (exact) mass is 401 g/mol. The number of aromatic nitrogens is 2. The van der Waals surface area contributed by atoms with Crippen LogP contribution in [-0.4, -0.2) is 16.7 Å². The summed E-state index contributed by atoms with van der Waals surface area (Å²) < 4.78 is 9.30. The van der Waals surface area contributed by atoms with Gasteiger partial charge >= 0.3 is 0 Å². The first-order chi connectivity index (χ1) is 9.65. The van der Waals surface area contributed by atoms with E-state index in [9.17, 15) is 0 Å². The van der Waals surface area contributed by atoms with Crippen LogP contribution in [0.2, 0.25) is 0 Å². The van der Waals surface area contributed by atoms with Crippen LogP contribution >= 0.6 is 31.9 Å². The molecule has 0 aliphatic rings. The van der Waals surface area contributed by atoms with E-state index in [1.54, 1.807) is 7.11 Å². The second kappa shape index (κ2) is 7.13. The van der Waals surface area contributed by atoms with E-state index in [0.29, 0.717) is 0 Å². The number of hydrogen-bond acceptors (Lipinski definition) is 3. The van der Waals surface area contributed by atoms with Crippen molar-refractivity contribution in [1.29, 1.82) is 0 Å². The minimum Gasteiger partial charge on any atom is -0.495 e. The Kier molecular flexibility index (Phi) is 5.48. The average Bonchev–Trinajstić information content (AvgIpc) is 2.86. The third-order valence-electron chi connectivity index (χ3n) is 2.96. The van der Waals surface area contributed by atoms with Crippen LogP contribution in [0.3, 0.4) is 0 Å². The molecule has 20 heavy (non-hydrogen) atoms. The van der Waals surface area contributed by atoms with Gasteiger partial charge in [0.2, 0.25) is 5.95 Å². The molecule has 0 saturated heterocycles. The first-order valence-corrected chi connectivity index (χ1v) is 8.05. The highest BCUT2D eigenvalue weighted by Gasteiger charge is 2.10. The lowest BCUT2D eigenvalue weighted by atomic mass is 10.3. The smallest absolute Gasteiger partial charge is 0.207 e. The second-order valence-corrected chi connectivity index (χ2v) is 6.10. The maximum absolute atomic E-state index is 5.32. The van der Waals surface area contributed by atoms with Crippen molar-refractivity contribution in [3.05, 3.63) is 33.5 Å². The van der Waals surface area contributed by atoms with Crippen LogP contribution in [0.5, 0.6) is 5.75 Å². The summed E-state index contributed by atoms with van der Waals surface area (Å²) in [5, 5.41) is 3.34. The zero-order valence-corrected chi connectivity index (χ0v) is 14.7. The minimum absolute atomic E-state index is 0.780. The summed E-state index contributed by atoms with van der Waals surface area (Å²) in [6, 6.07) is 3.90. The number of rotatable bonds is 6. The van der Waals surface area contributed by atoms with Crippen LogP contribution in [0.25, 0.3) is 0 Å². The number of ether oxygens (including phenoxy) is 1. The normalized spacial score (nSPS) is 10.6. The number of nitrogens with zero attached hydrogens (tertiary/aromatic N) is 2. The highest BCUT2D eigenvalue weighted by Crippen LogP contribution is 2.35. The van der Waals surface area contributed by atoms with Crippen molar-refractivity contribution in [2.45, 2.75) is 26.3 Å². The fourth-order valence-electron chi connectivity index (χ4n) is 1.84. The van der Waals surface area contributed by atoms with E-state index in [1.165, 1.54) is 0 Å². The molecular weight excluding hydrogens is 386 g/mol. The highest BCUT2D eigenvalue weighted by molar-refractivity contribution is 9.11. The Labute approximate surface area is 135 Å². The van der Waals surface area contributed by atoms with E-state index in [-0.39, 0.29) is 0 Å². The van der Waals surface area contributed by atoms with Crippen molar-refractivity contribution in [3.8, 4) is 5.75 Å². The Bertz CT molecular complexity index is 584. The molecule has 6 heteroatoms. The molecule has 0 amide bonds. The lowest BCUT2D eigenvalue weighted by Crippen LogP contribution is -2.04. The van der Waals surface area contributed by atoms with Gasteiger partial charge in [-0.25, -0.2) is 4.98 Å². The highest BCUT2D eigenvalue weighted by atomic mass is 79.9. The molecule has 0 spiro atoms. The quantitative estimate of drug-likeness (QED) is 0.741. The first kappa shape index (κ1) is 15.4. The van der Waals surface area contributed by atoms with Crippen LogP contribution in [0.1, 0.15) is 19.8 Å². The van der Waals surface area contributed by atoms with E-state index in [0.717, 1.165) is 45.7 Å². The van der Waals surface area contributed by atoms with Crippen LogP contribution < -0.4 is 10.1 Å². The van der Waals surface area contributed by atoms with Gasteiger partial charge in [0.15, 0.2) is 0 Å². The van der Waals surface area contributed by atoms with E-state index < -0.39 is 0 Å². The molecular formula is C14H17Br2N3O. The van der Waals surface area contributed by atoms with Gasteiger partial charge in [0, 0.05) is 29.5 Å². The summed E-state index contributed by atoms with van der Waals surface area (Å²) >= 11 is 7.01. The standard InChI is InChI=1S/C14H17Br2N3O/c1-3-4-6-19-7-5-17-14(19)18-12-9-13(20-2)11(16)8-10(12)15/h5,7-9H,3-4,6H2,1-2H3,(H,17,18). The van der Waals surface area contributed by atoms with Gasteiger partial charge < -0.3 is 14.6 Å². The summed E-state index contributed by atoms with van der Waals surface area (Å²) in [6.07, 6.45) is 6.09. The Morgan fingerprint density at radius 2 is 2.10 bits per heavy atom. The minimum atomic E-state index is 0.780. The fraction of sp³-hybridized carbons (Fsp3) is 0.357. The number of unbranched alkanes of at least 4 members (excludes halogenated alkanes) is 1. The molecule has 0 radical (unpaired) electrons. The molecule has 0 saturated carbocycles. The van der Waals surface area contributed by atoms with Gasteiger partial charge in [0.05, 0.1) is 17.3 Å². The lowest BCUT2D eigenvalue weighted by Gasteiger charge is -2.13. The van der Waals surface area contributed by atoms with Crippen LogP contribution in [0, 0.1) is 0 Å². The maximum Gasteiger partial charge on any atom is 0.207 e. The Hall–Kier alpha value is -1.01. The third-order valence-corrected chi connectivity index (χ3v) is 4.23. The van der Waals surface area contributed by atoms with Crippen molar-refractivity contribution in [3.63, 3.8) is 0 Å². The molecule has 1 aromatic heterocycles. The second-order valence-electron chi connectivity index (χ2n) is 4.39. The molecule has 0 fully saturated rings. The van der Waals surface area contributed by atoms with Crippen molar-refractivity contribution >= 4 is 43.5 Å². The van der Waals surface area contributed by atoms with Crippen molar-refractivity contribution in [2.75, 3.05) is 12.4 Å². The van der Waals surface area contributed by atoms with Gasteiger partial charge in [-0.1, -0.05) is 13.3 Å². The van der Waals surface area contributed by atoms with Crippen molar-refractivity contribution in [1.82, 2.24) is 9.55 Å². The summed E-state index contributed by atoms with van der Waals surface area (Å²) in [4.78, 5) is 4.36. The molecule has 1 heterocycles. The summed E-state index contributed by atoms with van der Waals surface area (Å²) in [7, 11) is 1.65. The van der Waals surface area contributed by atoms with E-state index in [2.05, 4.69) is 53.7 Å². The molecule has 2 rings (SSSR count). The molecule has 0 aliphatic heterocycles. The molecule has 1 aromatic carbocycles. The topological polar surface area (TPSA) is 39.1 Å². The number of imidazole rings is 1. The van der Waals surface area contributed by atoms with Gasteiger partial charge in [0.25, 0.3) is 0 Å². The van der Waals surface area contributed by atoms with Gasteiger partial charge in [-0.05, 0) is 44.3 Å². The van der Waals surface area contributed by atoms with Crippen LogP contribution in [-0.2, 0) is 6.54 Å². The Morgan fingerprint density at radius 1 is 1.30 bits per heavy atom. The van der Waals surface area contributed by atoms with Gasteiger partial charge in [0.1, 0.15) is 5.75 Å². The number of hydrogen-bond donors (Lipinski definition) is 1. The van der Waals surface area contributed by atoms with Crippen LogP contribution in [0.4, 0.5) is 11.6 Å². The molecule has 0 bridgehead atoms. The molecule has 108 valence electrons. The molecule has 0 unspecified atom stereocenters. The Balaban J connectivity index is 2.23. The average molecular weight is 403 g/mol. The van der Waals surface area contributed by atoms with Crippen LogP contribution in [0.15, 0.2) is 33.5 Å². The van der Waals surface area contributed by atoms with Gasteiger partial charge in [-0.15, -0.1) is 0 Å². The predicted octanol–water partition coefficient (Wildman–Crippen LogP) is 4.96. The maximum atomic E-state index is 5.32. The zero-order valence-electron chi connectivity index (χ0n) is 11.5. The number of methoxy groups -OCH3 is 1. The van der Waals surface area contributed by atoms with Crippen molar-refractivity contribution in [2.24, 2.45) is 0 Å². The zero-order chi connectivity index (χ0) is 14.5. The Morgan fingerprint density at radius 3 is 2.80 bits per heavy atom. The molecule has 0 atom stereocenters. The molecule has 2 aromatic rings. The predicted molar refractivity (Wildman–Crippen MR) is 88.8 cm³/mol. The fourth-order valence-corrected chi connectivity index (χ4v) is 3.10. The number of aryl methyl sites for hydroxylation is 1. The largest absolute Gasteiger partial charge is 0.495 e. The lowest BCUT2D eigenvalue weighted by molar-refractivity contribution is 0.412. The van der Waals surface area contributed by atoms with Gasteiger partial charge in [-0.2, -0.15) is 0 Å². The summed E-state index contributed by atoms with van der Waals surface area (Å²) in [5.41, 5.74) is 0.925. The van der Waals surface area contributed by atoms with Gasteiger partial charge in [-0.3, -0.25) is 0 Å². The summed E-state index contributed by atoms with van der Waals surface area (Å²) in [5.74, 6) is 1.62. The number of anilines is 2. The number of benzene rings is 1. The molecule has 1 N–H and O–H groups in total. The first-order valence-electron chi connectivity index (χ1n) is 6.47. The van der Waals surface area contributed by atoms with E-state index in [4.69, 9.17) is 4.74 Å². The summed E-state index contributed by atoms with van der Waals surface area (Å²) in [6.45, 7) is 3.14. The molecule has 0 aliphatic carbocycles. The van der Waals surface area contributed by atoms with E-state index >= 15 is 0 Å². The van der Waals surface area contributed by atoms with E-state index in [1.807, 2.05) is 24.5 Å². The SMILES string of the molecule is CCCCn1ccnc1Nc1cc(OC)c(Br)cc1Br. The third kappa shape index (κ3) is 3.55. The molecule has 4 nitrogen and oxygen atoms in total. The van der Waals surface area contributed by atoms with Crippen molar-refractivity contribution < 1.29 is 4.74 Å². The number of halogens is 2. The number of nitrogens with one attached hydrogen (secondary N) is 1.